The van der Waals surface area contributed by atoms with Crippen molar-refractivity contribution in [2.24, 2.45) is 0 Å². The lowest BCUT2D eigenvalue weighted by molar-refractivity contribution is 0.102. The molecule has 1 aromatic heterocycles. The molecule has 0 bridgehead atoms. The number of aromatic nitrogens is 2. The largest absolute Gasteiger partial charge is 0.354 e. The van der Waals surface area contributed by atoms with Gasteiger partial charge in [0.05, 0.1) is 0 Å². The maximum atomic E-state index is 12.5. The van der Waals surface area contributed by atoms with Crippen molar-refractivity contribution < 1.29 is 4.79 Å². The molecule has 0 spiro atoms. The van der Waals surface area contributed by atoms with Gasteiger partial charge >= 0.3 is 0 Å². The maximum absolute atomic E-state index is 12.5. The summed E-state index contributed by atoms with van der Waals surface area (Å²) in [6.45, 7) is 2.68. The molecular weight excluding hydrogens is 348 g/mol. The fourth-order valence-corrected chi connectivity index (χ4v) is 3.12. The summed E-state index contributed by atoms with van der Waals surface area (Å²) >= 11 is 6.00. The van der Waals surface area contributed by atoms with E-state index in [0.717, 1.165) is 18.5 Å². The Kier molecular flexibility index (Phi) is 6.23. The minimum absolute atomic E-state index is 0.282. The molecule has 2 aromatic rings. The second-order valence-electron chi connectivity index (χ2n) is 6.46. The number of hydrogen-bond acceptors (Lipinski definition) is 4. The van der Waals surface area contributed by atoms with Gasteiger partial charge in [-0.25, -0.2) is 9.97 Å². The number of rotatable bonds is 6. The van der Waals surface area contributed by atoms with E-state index in [-0.39, 0.29) is 5.91 Å². The van der Waals surface area contributed by atoms with Crippen molar-refractivity contribution in [3.05, 3.63) is 58.4 Å². The number of aryl methyl sites for hydroxylation is 1. The number of allylic oxidation sites excluding steroid dienone is 1. The summed E-state index contributed by atoms with van der Waals surface area (Å²) in [7, 11) is 0. The van der Waals surface area contributed by atoms with Gasteiger partial charge in [-0.15, -0.1) is 0 Å². The van der Waals surface area contributed by atoms with Gasteiger partial charge in [0, 0.05) is 23.5 Å². The van der Waals surface area contributed by atoms with Crippen LogP contribution < -0.4 is 10.6 Å². The summed E-state index contributed by atoms with van der Waals surface area (Å²) in [4.78, 5) is 21.0. The Morgan fingerprint density at radius 1 is 1.27 bits per heavy atom. The quantitative estimate of drug-likeness (QED) is 0.702. The number of carbonyl (C=O) groups is 1. The number of carbonyl (C=O) groups excluding carboxylic acids is 1. The normalized spacial score (nSPS) is 13.8. The van der Waals surface area contributed by atoms with Gasteiger partial charge in [0.25, 0.3) is 5.91 Å². The third-order valence-corrected chi connectivity index (χ3v) is 4.69. The van der Waals surface area contributed by atoms with Crippen LogP contribution in [0, 0.1) is 6.92 Å². The highest BCUT2D eigenvalue weighted by Crippen LogP contribution is 2.21. The molecule has 1 aliphatic carbocycles. The number of nitrogens with zero attached hydrogens (tertiary/aromatic N) is 2. The number of anilines is 2. The van der Waals surface area contributed by atoms with Crippen LogP contribution in [0.2, 0.25) is 5.02 Å². The van der Waals surface area contributed by atoms with Gasteiger partial charge < -0.3 is 10.6 Å². The molecule has 2 N–H and O–H groups in total. The Morgan fingerprint density at radius 2 is 2.15 bits per heavy atom. The molecule has 136 valence electrons. The number of amides is 1. The predicted octanol–water partition coefficient (Wildman–Crippen LogP) is 4.99. The van der Waals surface area contributed by atoms with E-state index < -0.39 is 0 Å². The van der Waals surface area contributed by atoms with Gasteiger partial charge in [0.1, 0.15) is 5.69 Å². The molecule has 1 aromatic carbocycles. The van der Waals surface area contributed by atoms with Crippen LogP contribution in [0.1, 0.15) is 48.2 Å². The standard InChI is InChI=1S/C20H23ClN4O/c1-14-7-8-16(21)13-18(14)24-19(26)17-10-12-23-20(25-17)22-11-9-15-5-3-2-4-6-15/h5,7-8,10,12-13H,2-4,6,9,11H2,1H3,(H,24,26)(H,22,23,25). The second-order valence-corrected chi connectivity index (χ2v) is 6.90. The first-order valence-electron chi connectivity index (χ1n) is 8.94. The van der Waals surface area contributed by atoms with Crippen molar-refractivity contribution in [3.8, 4) is 0 Å². The van der Waals surface area contributed by atoms with Crippen molar-refractivity contribution in [1.82, 2.24) is 9.97 Å². The molecule has 6 heteroatoms. The van der Waals surface area contributed by atoms with Gasteiger partial charge in [-0.1, -0.05) is 29.3 Å². The van der Waals surface area contributed by atoms with Crippen molar-refractivity contribution in [1.29, 1.82) is 0 Å². The SMILES string of the molecule is Cc1ccc(Cl)cc1NC(=O)c1ccnc(NCCC2=CCCCC2)n1. The van der Waals surface area contributed by atoms with Crippen molar-refractivity contribution in [3.63, 3.8) is 0 Å². The first-order valence-corrected chi connectivity index (χ1v) is 9.32. The summed E-state index contributed by atoms with van der Waals surface area (Å²) in [5, 5.41) is 6.64. The topological polar surface area (TPSA) is 66.9 Å². The van der Waals surface area contributed by atoms with Crippen LogP contribution in [0.3, 0.4) is 0 Å². The summed E-state index contributed by atoms with van der Waals surface area (Å²) in [6, 6.07) is 6.99. The summed E-state index contributed by atoms with van der Waals surface area (Å²) in [5.41, 5.74) is 3.43. The molecule has 0 atom stereocenters. The smallest absolute Gasteiger partial charge is 0.274 e. The lowest BCUT2D eigenvalue weighted by Crippen LogP contribution is -2.16. The van der Waals surface area contributed by atoms with E-state index in [1.54, 1.807) is 24.4 Å². The maximum Gasteiger partial charge on any atom is 0.274 e. The number of nitrogens with one attached hydrogen (secondary N) is 2. The van der Waals surface area contributed by atoms with Crippen LogP contribution in [-0.2, 0) is 0 Å². The highest BCUT2D eigenvalue weighted by molar-refractivity contribution is 6.31. The summed E-state index contributed by atoms with van der Waals surface area (Å²) in [6.07, 6.45) is 9.86. The van der Waals surface area contributed by atoms with E-state index in [1.807, 2.05) is 13.0 Å². The lowest BCUT2D eigenvalue weighted by Gasteiger charge is -2.13. The number of halogens is 1. The Bertz CT molecular complexity index is 819. The van der Waals surface area contributed by atoms with Gasteiger partial charge in [-0.05, 0) is 62.8 Å². The van der Waals surface area contributed by atoms with E-state index in [1.165, 1.54) is 31.3 Å². The molecule has 0 saturated heterocycles. The Morgan fingerprint density at radius 3 is 2.96 bits per heavy atom. The van der Waals surface area contributed by atoms with Crippen LogP contribution in [-0.4, -0.2) is 22.4 Å². The van der Waals surface area contributed by atoms with E-state index in [9.17, 15) is 4.79 Å². The Labute approximate surface area is 158 Å². The van der Waals surface area contributed by atoms with Crippen LogP contribution in [0.25, 0.3) is 0 Å². The molecule has 3 rings (SSSR count). The molecule has 0 radical (unpaired) electrons. The molecule has 0 unspecified atom stereocenters. The van der Waals surface area contributed by atoms with Gasteiger partial charge in [0.2, 0.25) is 5.95 Å². The van der Waals surface area contributed by atoms with E-state index >= 15 is 0 Å². The molecule has 1 heterocycles. The second kappa shape index (κ2) is 8.81. The summed E-state index contributed by atoms with van der Waals surface area (Å²) < 4.78 is 0. The van der Waals surface area contributed by atoms with Crippen molar-refractivity contribution in [2.75, 3.05) is 17.2 Å². The fraction of sp³-hybridized carbons (Fsp3) is 0.350. The van der Waals surface area contributed by atoms with Crippen LogP contribution >= 0.6 is 11.6 Å². The molecule has 0 saturated carbocycles. The van der Waals surface area contributed by atoms with Crippen molar-refractivity contribution >= 4 is 29.1 Å². The molecule has 26 heavy (non-hydrogen) atoms. The predicted molar refractivity (Wildman–Crippen MR) is 106 cm³/mol. The van der Waals surface area contributed by atoms with Crippen LogP contribution in [0.4, 0.5) is 11.6 Å². The molecule has 0 fully saturated rings. The molecule has 0 aliphatic heterocycles. The van der Waals surface area contributed by atoms with Crippen molar-refractivity contribution in [2.45, 2.75) is 39.0 Å². The molecule has 1 amide bonds. The lowest BCUT2D eigenvalue weighted by atomic mass is 9.97. The van der Waals surface area contributed by atoms with E-state index in [0.29, 0.717) is 22.4 Å². The zero-order chi connectivity index (χ0) is 18.4. The monoisotopic (exact) mass is 370 g/mol. The third kappa shape index (κ3) is 5.05. The molecule has 5 nitrogen and oxygen atoms in total. The Balaban J connectivity index is 1.60. The summed E-state index contributed by atoms with van der Waals surface area (Å²) in [5.74, 6) is 0.188. The third-order valence-electron chi connectivity index (χ3n) is 4.45. The van der Waals surface area contributed by atoms with Gasteiger partial charge in [-0.3, -0.25) is 4.79 Å². The average Bonchev–Trinajstić information content (AvgIpc) is 2.66. The first-order chi connectivity index (χ1) is 12.6. The zero-order valence-corrected chi connectivity index (χ0v) is 15.6. The Hall–Kier alpha value is -2.40. The van der Waals surface area contributed by atoms with Crippen LogP contribution in [0.15, 0.2) is 42.1 Å². The first kappa shape index (κ1) is 18.4. The number of benzene rings is 1. The zero-order valence-electron chi connectivity index (χ0n) is 14.9. The van der Waals surface area contributed by atoms with E-state index in [2.05, 4.69) is 26.7 Å². The van der Waals surface area contributed by atoms with Gasteiger partial charge in [0.15, 0.2) is 0 Å². The highest BCUT2D eigenvalue weighted by Gasteiger charge is 2.11. The minimum Gasteiger partial charge on any atom is -0.354 e. The highest BCUT2D eigenvalue weighted by atomic mass is 35.5. The van der Waals surface area contributed by atoms with E-state index in [4.69, 9.17) is 11.6 Å². The van der Waals surface area contributed by atoms with Crippen LogP contribution in [0.5, 0.6) is 0 Å². The fourth-order valence-electron chi connectivity index (χ4n) is 2.95. The number of hydrogen-bond donors (Lipinski definition) is 2. The average molecular weight is 371 g/mol. The van der Waals surface area contributed by atoms with Gasteiger partial charge in [-0.2, -0.15) is 0 Å². The molecule has 1 aliphatic rings. The molecular formula is C20H23ClN4O. The minimum atomic E-state index is -0.282.